The van der Waals surface area contributed by atoms with Crippen molar-refractivity contribution in [3.05, 3.63) is 52.5 Å². The molecule has 0 unspecified atom stereocenters. The van der Waals surface area contributed by atoms with Gasteiger partial charge in [0.2, 0.25) is 10.0 Å². The fourth-order valence-corrected chi connectivity index (χ4v) is 4.54. The molecule has 1 aliphatic rings. The molecule has 8 heteroatoms. The highest BCUT2D eigenvalue weighted by Gasteiger charge is 2.24. The average molecular weight is 466 g/mol. The minimum absolute atomic E-state index is 0.107. The van der Waals surface area contributed by atoms with Crippen LogP contribution in [0.1, 0.15) is 29.6 Å². The summed E-state index contributed by atoms with van der Waals surface area (Å²) in [5.74, 6) is -0.330. The number of rotatable bonds is 5. The Morgan fingerprint density at radius 1 is 1.07 bits per heavy atom. The molecular formula is C20H24BrN3O3S. The van der Waals surface area contributed by atoms with Gasteiger partial charge in [-0.2, -0.15) is 0 Å². The predicted molar refractivity (Wildman–Crippen MR) is 115 cm³/mol. The lowest BCUT2D eigenvalue weighted by Crippen LogP contribution is -2.32. The van der Waals surface area contributed by atoms with Gasteiger partial charge < -0.3 is 10.2 Å². The van der Waals surface area contributed by atoms with E-state index in [4.69, 9.17) is 0 Å². The zero-order valence-corrected chi connectivity index (χ0v) is 18.4. The quantitative estimate of drug-likeness (QED) is 0.725. The van der Waals surface area contributed by atoms with E-state index in [9.17, 15) is 13.2 Å². The Morgan fingerprint density at radius 2 is 1.75 bits per heavy atom. The second-order valence-corrected chi connectivity index (χ2v) is 9.95. The number of hydrogen-bond acceptors (Lipinski definition) is 4. The molecule has 1 amide bonds. The lowest BCUT2D eigenvalue weighted by atomic mass is 10.1. The van der Waals surface area contributed by atoms with Crippen LogP contribution < -0.4 is 10.2 Å². The Hall–Kier alpha value is -1.90. The molecule has 0 radical (unpaired) electrons. The highest BCUT2D eigenvalue weighted by molar-refractivity contribution is 9.10. The summed E-state index contributed by atoms with van der Waals surface area (Å²) in [4.78, 5) is 15.4. The molecule has 2 aromatic rings. The average Bonchev–Trinajstić information content (AvgIpc) is 2.69. The van der Waals surface area contributed by atoms with Crippen LogP contribution in [0.5, 0.6) is 0 Å². The van der Waals surface area contributed by atoms with E-state index in [0.717, 1.165) is 40.4 Å². The van der Waals surface area contributed by atoms with E-state index in [2.05, 4.69) is 26.1 Å². The third kappa shape index (κ3) is 4.39. The number of benzene rings is 2. The number of piperidine rings is 1. The third-order valence-corrected chi connectivity index (χ3v) is 7.31. The van der Waals surface area contributed by atoms with Gasteiger partial charge in [0, 0.05) is 37.3 Å². The van der Waals surface area contributed by atoms with Gasteiger partial charge in [0.1, 0.15) is 0 Å². The summed E-state index contributed by atoms with van der Waals surface area (Å²) in [6, 6.07) is 12.1. The van der Waals surface area contributed by atoms with Gasteiger partial charge in [0.05, 0.1) is 16.1 Å². The summed E-state index contributed by atoms with van der Waals surface area (Å²) in [7, 11) is -0.674. The maximum absolute atomic E-state index is 13.1. The lowest BCUT2D eigenvalue weighted by molar-refractivity contribution is 0.102. The molecule has 2 aromatic carbocycles. The van der Waals surface area contributed by atoms with Gasteiger partial charge in [-0.15, -0.1) is 0 Å². The van der Waals surface area contributed by atoms with Gasteiger partial charge >= 0.3 is 0 Å². The van der Waals surface area contributed by atoms with Crippen LogP contribution in [0, 0.1) is 0 Å². The fraction of sp³-hybridized carbons (Fsp3) is 0.350. The first kappa shape index (κ1) is 20.8. The zero-order valence-electron chi connectivity index (χ0n) is 16.0. The highest BCUT2D eigenvalue weighted by Crippen LogP contribution is 2.29. The zero-order chi connectivity index (χ0) is 20.3. The van der Waals surface area contributed by atoms with E-state index in [1.807, 2.05) is 18.2 Å². The van der Waals surface area contributed by atoms with Crippen LogP contribution in [0.4, 0.5) is 11.4 Å². The smallest absolute Gasteiger partial charge is 0.257 e. The minimum atomic E-state index is -3.64. The van der Waals surface area contributed by atoms with Crippen molar-refractivity contribution in [2.45, 2.75) is 24.2 Å². The second kappa shape index (κ2) is 8.63. The van der Waals surface area contributed by atoms with Crippen molar-refractivity contribution in [2.24, 2.45) is 0 Å². The standard InChI is InChI=1S/C20H24BrN3O3S/c1-23(2)28(26,27)15-10-11-19(24-12-6-3-7-13-24)16(14-15)20(25)22-18-9-5-4-8-17(18)21/h4-5,8-11,14H,3,6-7,12-13H2,1-2H3,(H,22,25). The Bertz CT molecular complexity index is 970. The molecule has 1 fully saturated rings. The van der Waals surface area contributed by atoms with Gasteiger partial charge in [-0.1, -0.05) is 12.1 Å². The van der Waals surface area contributed by atoms with Crippen LogP contribution in [0.15, 0.2) is 51.8 Å². The van der Waals surface area contributed by atoms with Crippen LogP contribution in [-0.4, -0.2) is 45.8 Å². The summed E-state index contributed by atoms with van der Waals surface area (Å²) in [5, 5.41) is 2.89. The minimum Gasteiger partial charge on any atom is -0.371 e. The van der Waals surface area contributed by atoms with Crippen LogP contribution in [0.25, 0.3) is 0 Å². The molecule has 28 heavy (non-hydrogen) atoms. The van der Waals surface area contributed by atoms with Crippen LogP contribution >= 0.6 is 15.9 Å². The van der Waals surface area contributed by atoms with E-state index < -0.39 is 10.0 Å². The molecule has 1 saturated heterocycles. The van der Waals surface area contributed by atoms with Crippen molar-refractivity contribution >= 4 is 43.2 Å². The van der Waals surface area contributed by atoms with Crippen LogP contribution in [0.2, 0.25) is 0 Å². The molecule has 3 rings (SSSR count). The normalized spacial score (nSPS) is 14.9. The molecule has 1 N–H and O–H groups in total. The van der Waals surface area contributed by atoms with Crippen LogP contribution in [0.3, 0.4) is 0 Å². The van der Waals surface area contributed by atoms with Crippen molar-refractivity contribution in [1.82, 2.24) is 4.31 Å². The Morgan fingerprint density at radius 3 is 2.39 bits per heavy atom. The number of carbonyl (C=O) groups is 1. The number of halogens is 1. The maximum atomic E-state index is 13.1. The number of amides is 1. The number of nitrogens with one attached hydrogen (secondary N) is 1. The molecule has 0 atom stereocenters. The molecule has 0 saturated carbocycles. The first-order chi connectivity index (χ1) is 13.3. The van der Waals surface area contributed by atoms with Gasteiger partial charge in [0.15, 0.2) is 0 Å². The molecule has 0 bridgehead atoms. The summed E-state index contributed by atoms with van der Waals surface area (Å²) < 4.78 is 27.1. The van der Waals surface area contributed by atoms with E-state index in [1.165, 1.54) is 26.6 Å². The topological polar surface area (TPSA) is 69.7 Å². The number of carbonyl (C=O) groups excluding carboxylic acids is 1. The SMILES string of the molecule is CN(C)S(=O)(=O)c1ccc(N2CCCCC2)c(C(=O)Nc2ccccc2Br)c1. The van der Waals surface area contributed by atoms with E-state index in [0.29, 0.717) is 11.3 Å². The number of anilines is 2. The number of sulfonamides is 1. The molecule has 0 spiro atoms. The number of nitrogens with zero attached hydrogens (tertiary/aromatic N) is 2. The molecule has 0 aliphatic carbocycles. The maximum Gasteiger partial charge on any atom is 0.257 e. The summed E-state index contributed by atoms with van der Waals surface area (Å²) in [6.07, 6.45) is 3.29. The Labute approximate surface area is 174 Å². The summed E-state index contributed by atoms with van der Waals surface area (Å²) in [6.45, 7) is 1.71. The van der Waals surface area contributed by atoms with Crippen molar-refractivity contribution < 1.29 is 13.2 Å². The van der Waals surface area contributed by atoms with E-state index in [1.54, 1.807) is 18.2 Å². The first-order valence-electron chi connectivity index (χ1n) is 9.18. The van der Waals surface area contributed by atoms with Gasteiger partial charge in [0.25, 0.3) is 5.91 Å². The summed E-state index contributed by atoms with van der Waals surface area (Å²) in [5.41, 5.74) is 1.76. The first-order valence-corrected chi connectivity index (χ1v) is 11.4. The molecule has 6 nitrogen and oxygen atoms in total. The van der Waals surface area contributed by atoms with Crippen molar-refractivity contribution in [3.8, 4) is 0 Å². The molecule has 1 heterocycles. The Balaban J connectivity index is 2.03. The van der Waals surface area contributed by atoms with Crippen molar-refractivity contribution in [2.75, 3.05) is 37.4 Å². The Kier molecular flexibility index (Phi) is 6.42. The van der Waals surface area contributed by atoms with E-state index >= 15 is 0 Å². The molecule has 150 valence electrons. The monoisotopic (exact) mass is 465 g/mol. The second-order valence-electron chi connectivity index (χ2n) is 6.95. The third-order valence-electron chi connectivity index (χ3n) is 4.81. The van der Waals surface area contributed by atoms with Gasteiger partial charge in [-0.05, 0) is 65.5 Å². The molecular weight excluding hydrogens is 442 g/mol. The largest absolute Gasteiger partial charge is 0.371 e. The van der Waals surface area contributed by atoms with Gasteiger partial charge in [-0.3, -0.25) is 4.79 Å². The molecule has 0 aromatic heterocycles. The van der Waals surface area contributed by atoms with Crippen molar-refractivity contribution in [1.29, 1.82) is 0 Å². The number of hydrogen-bond donors (Lipinski definition) is 1. The lowest BCUT2D eigenvalue weighted by Gasteiger charge is -2.30. The fourth-order valence-electron chi connectivity index (χ4n) is 3.23. The predicted octanol–water partition coefficient (Wildman–Crippen LogP) is 3.94. The highest BCUT2D eigenvalue weighted by atomic mass is 79.9. The number of para-hydroxylation sites is 1. The van der Waals surface area contributed by atoms with Crippen molar-refractivity contribution in [3.63, 3.8) is 0 Å². The van der Waals surface area contributed by atoms with E-state index in [-0.39, 0.29) is 10.8 Å². The summed E-state index contributed by atoms with van der Waals surface area (Å²) >= 11 is 3.43. The molecule has 1 aliphatic heterocycles. The van der Waals surface area contributed by atoms with Crippen LogP contribution in [-0.2, 0) is 10.0 Å². The van der Waals surface area contributed by atoms with Gasteiger partial charge in [-0.25, -0.2) is 12.7 Å².